The Labute approximate surface area is 91.8 Å². The van der Waals surface area contributed by atoms with Crippen molar-refractivity contribution in [1.82, 2.24) is 5.32 Å². The van der Waals surface area contributed by atoms with Crippen LogP contribution in [0, 0.1) is 0 Å². The minimum Gasteiger partial charge on any atom is -0.346 e. The number of benzene rings is 1. The average Bonchev–Trinajstić information content (AvgIpc) is 2.14. The monoisotopic (exact) mass is 253 g/mol. The van der Waals surface area contributed by atoms with E-state index in [0.717, 1.165) is 11.1 Å². The van der Waals surface area contributed by atoms with E-state index in [-0.39, 0.29) is 16.3 Å². The maximum absolute atomic E-state index is 11.7. The fourth-order valence-corrected chi connectivity index (χ4v) is 2.25. The van der Waals surface area contributed by atoms with E-state index >= 15 is 0 Å². The lowest BCUT2D eigenvalue weighted by Crippen LogP contribution is -2.50. The van der Waals surface area contributed by atoms with Gasteiger partial charge in [0.2, 0.25) is 0 Å². The molecule has 3 heteroatoms. The molecule has 0 unspecified atom stereocenters. The smallest absolute Gasteiger partial charge is 0.252 e. The lowest BCUT2D eigenvalue weighted by molar-refractivity contribution is 0.0896. The van der Waals surface area contributed by atoms with E-state index in [0.29, 0.717) is 0 Å². The van der Waals surface area contributed by atoms with Crippen LogP contribution in [0.2, 0.25) is 0 Å². The first-order valence-corrected chi connectivity index (χ1v) is 5.49. The quantitative estimate of drug-likeness (QED) is 0.708. The number of fused-ring (bicyclic) bond motifs is 1. The van der Waals surface area contributed by atoms with Crippen molar-refractivity contribution in [3.63, 3.8) is 0 Å². The molecular formula is C11H12BrNO. The van der Waals surface area contributed by atoms with Crippen molar-refractivity contribution >= 4 is 21.8 Å². The number of halogens is 1. The molecule has 1 aromatic carbocycles. The molecule has 0 aliphatic carbocycles. The zero-order chi connectivity index (χ0) is 10.3. The molecule has 0 saturated carbocycles. The van der Waals surface area contributed by atoms with Gasteiger partial charge in [0.15, 0.2) is 0 Å². The van der Waals surface area contributed by atoms with Crippen LogP contribution in [0.3, 0.4) is 0 Å². The Hall–Kier alpha value is -0.830. The van der Waals surface area contributed by atoms with Gasteiger partial charge in [0, 0.05) is 5.56 Å². The Kier molecular flexibility index (Phi) is 2.14. The van der Waals surface area contributed by atoms with Gasteiger partial charge in [-0.2, -0.15) is 0 Å². The SMILES string of the molecule is CC1(C)NC(=O)c2ccccc2[C@@H]1Br. The molecule has 0 spiro atoms. The number of hydrogen-bond donors (Lipinski definition) is 1. The Morgan fingerprint density at radius 3 is 2.71 bits per heavy atom. The topological polar surface area (TPSA) is 29.1 Å². The van der Waals surface area contributed by atoms with E-state index in [1.807, 2.05) is 38.1 Å². The molecule has 1 atom stereocenters. The predicted molar refractivity (Wildman–Crippen MR) is 59.7 cm³/mol. The van der Waals surface area contributed by atoms with E-state index < -0.39 is 0 Å². The summed E-state index contributed by atoms with van der Waals surface area (Å²) in [6.07, 6.45) is 0. The molecule has 0 fully saturated rings. The molecule has 14 heavy (non-hydrogen) atoms. The van der Waals surface area contributed by atoms with Crippen LogP contribution in [0.1, 0.15) is 34.6 Å². The third-order valence-electron chi connectivity index (χ3n) is 2.55. The molecule has 0 bridgehead atoms. The number of nitrogens with one attached hydrogen (secondary N) is 1. The Morgan fingerprint density at radius 1 is 1.36 bits per heavy atom. The van der Waals surface area contributed by atoms with E-state index in [4.69, 9.17) is 0 Å². The summed E-state index contributed by atoms with van der Waals surface area (Å²) in [7, 11) is 0. The minimum atomic E-state index is -0.231. The molecule has 1 amide bonds. The van der Waals surface area contributed by atoms with Crippen LogP contribution in [0.4, 0.5) is 0 Å². The zero-order valence-corrected chi connectivity index (χ0v) is 9.76. The molecule has 74 valence electrons. The number of alkyl halides is 1. The van der Waals surface area contributed by atoms with Crippen molar-refractivity contribution < 1.29 is 4.79 Å². The van der Waals surface area contributed by atoms with Crippen molar-refractivity contribution in [2.45, 2.75) is 24.2 Å². The summed E-state index contributed by atoms with van der Waals surface area (Å²) in [4.78, 5) is 11.9. The molecular weight excluding hydrogens is 242 g/mol. The highest BCUT2D eigenvalue weighted by molar-refractivity contribution is 9.09. The molecule has 0 radical (unpaired) electrons. The average molecular weight is 254 g/mol. The maximum atomic E-state index is 11.7. The van der Waals surface area contributed by atoms with Crippen molar-refractivity contribution in [3.8, 4) is 0 Å². The predicted octanol–water partition coefficient (Wildman–Crippen LogP) is 2.64. The molecule has 2 rings (SSSR count). The Bertz CT molecular complexity index is 387. The van der Waals surface area contributed by atoms with Gasteiger partial charge in [-0.05, 0) is 25.5 Å². The van der Waals surface area contributed by atoms with E-state index in [1.165, 1.54) is 0 Å². The van der Waals surface area contributed by atoms with E-state index in [9.17, 15) is 4.79 Å². The number of amides is 1. The second kappa shape index (κ2) is 3.09. The highest BCUT2D eigenvalue weighted by Gasteiger charge is 2.37. The van der Waals surface area contributed by atoms with Crippen LogP contribution in [0.25, 0.3) is 0 Å². The van der Waals surface area contributed by atoms with Crippen molar-refractivity contribution in [2.24, 2.45) is 0 Å². The van der Waals surface area contributed by atoms with Crippen LogP contribution in [-0.2, 0) is 0 Å². The molecule has 0 saturated heterocycles. The summed E-state index contributed by atoms with van der Waals surface area (Å²) in [5.41, 5.74) is 1.61. The zero-order valence-electron chi connectivity index (χ0n) is 8.17. The molecule has 1 aromatic rings. The first kappa shape index (κ1) is 9.71. The normalized spacial score (nSPS) is 23.9. The summed E-state index contributed by atoms with van der Waals surface area (Å²) in [5, 5.41) is 2.98. The maximum Gasteiger partial charge on any atom is 0.252 e. The number of carbonyl (C=O) groups is 1. The Balaban J connectivity index is 2.57. The van der Waals surface area contributed by atoms with Crippen molar-refractivity contribution in [3.05, 3.63) is 35.4 Å². The van der Waals surface area contributed by atoms with Crippen molar-refractivity contribution in [1.29, 1.82) is 0 Å². The van der Waals surface area contributed by atoms with Gasteiger partial charge in [0.05, 0.1) is 10.4 Å². The highest BCUT2D eigenvalue weighted by Crippen LogP contribution is 2.38. The molecule has 1 aliphatic rings. The number of carbonyl (C=O) groups excluding carboxylic acids is 1. The van der Waals surface area contributed by atoms with Gasteiger partial charge >= 0.3 is 0 Å². The fraction of sp³-hybridized carbons (Fsp3) is 0.364. The van der Waals surface area contributed by atoms with Gasteiger partial charge in [0.25, 0.3) is 5.91 Å². The van der Waals surface area contributed by atoms with Crippen molar-refractivity contribution in [2.75, 3.05) is 0 Å². The molecule has 1 N–H and O–H groups in total. The van der Waals surface area contributed by atoms with Crippen LogP contribution in [0.5, 0.6) is 0 Å². The minimum absolute atomic E-state index is 0.0151. The molecule has 1 aliphatic heterocycles. The third kappa shape index (κ3) is 1.36. The lowest BCUT2D eigenvalue weighted by Gasteiger charge is -2.37. The van der Waals surface area contributed by atoms with Crippen LogP contribution < -0.4 is 5.32 Å². The van der Waals surface area contributed by atoms with Crippen LogP contribution in [0.15, 0.2) is 24.3 Å². The second-order valence-electron chi connectivity index (χ2n) is 4.13. The van der Waals surface area contributed by atoms with Gasteiger partial charge in [-0.3, -0.25) is 4.79 Å². The van der Waals surface area contributed by atoms with Gasteiger partial charge in [-0.15, -0.1) is 0 Å². The highest BCUT2D eigenvalue weighted by atomic mass is 79.9. The third-order valence-corrected chi connectivity index (χ3v) is 4.19. The summed E-state index contributed by atoms with van der Waals surface area (Å²) in [6.45, 7) is 4.03. The van der Waals surface area contributed by atoms with Crippen LogP contribution >= 0.6 is 15.9 Å². The Morgan fingerprint density at radius 2 is 2.00 bits per heavy atom. The first-order chi connectivity index (χ1) is 6.52. The molecule has 1 heterocycles. The van der Waals surface area contributed by atoms with Crippen LogP contribution in [-0.4, -0.2) is 11.4 Å². The lowest BCUT2D eigenvalue weighted by atomic mass is 9.87. The summed E-state index contributed by atoms with van der Waals surface area (Å²) in [5.74, 6) is 0.0151. The summed E-state index contributed by atoms with van der Waals surface area (Å²) in [6, 6.07) is 7.70. The van der Waals surface area contributed by atoms with E-state index in [1.54, 1.807) is 0 Å². The number of hydrogen-bond acceptors (Lipinski definition) is 1. The largest absolute Gasteiger partial charge is 0.346 e. The number of rotatable bonds is 0. The standard InChI is InChI=1S/C11H12BrNO/c1-11(2)9(12)7-5-3-4-6-8(7)10(14)13-11/h3-6,9H,1-2H3,(H,13,14)/t9-/m0/s1. The van der Waals surface area contributed by atoms with Gasteiger partial charge < -0.3 is 5.32 Å². The summed E-state index contributed by atoms with van der Waals surface area (Å²) >= 11 is 3.62. The fourth-order valence-electron chi connectivity index (χ4n) is 1.74. The second-order valence-corrected chi connectivity index (χ2v) is 5.04. The molecule has 0 aromatic heterocycles. The van der Waals surface area contributed by atoms with Gasteiger partial charge in [0.1, 0.15) is 0 Å². The summed E-state index contributed by atoms with van der Waals surface area (Å²) < 4.78 is 0. The molecule has 2 nitrogen and oxygen atoms in total. The van der Waals surface area contributed by atoms with E-state index in [2.05, 4.69) is 21.2 Å². The van der Waals surface area contributed by atoms with Gasteiger partial charge in [-0.1, -0.05) is 34.1 Å². The van der Waals surface area contributed by atoms with Gasteiger partial charge in [-0.25, -0.2) is 0 Å². The first-order valence-electron chi connectivity index (χ1n) is 4.58.